The van der Waals surface area contributed by atoms with E-state index in [0.29, 0.717) is 5.95 Å². The van der Waals surface area contributed by atoms with E-state index < -0.39 is 0 Å². The average molecular weight is 292 g/mol. The third-order valence-electron chi connectivity index (χ3n) is 3.84. The molecule has 118 valence electrons. The summed E-state index contributed by atoms with van der Waals surface area (Å²) in [6.07, 6.45) is 4.77. The predicted molar refractivity (Wildman–Crippen MR) is 88.2 cm³/mol. The molecule has 1 unspecified atom stereocenters. The highest BCUT2D eigenvalue weighted by molar-refractivity contribution is 5.44. The van der Waals surface area contributed by atoms with Crippen LogP contribution in [0.2, 0.25) is 0 Å². The van der Waals surface area contributed by atoms with E-state index in [4.69, 9.17) is 0 Å². The fraction of sp³-hybridized carbons (Fsp3) is 0.800. The Balaban J connectivity index is 2.21. The molecule has 1 aromatic heterocycles. The van der Waals surface area contributed by atoms with E-state index >= 15 is 0 Å². The van der Waals surface area contributed by atoms with Crippen molar-refractivity contribution in [1.29, 1.82) is 0 Å². The van der Waals surface area contributed by atoms with Crippen molar-refractivity contribution in [3.05, 3.63) is 0 Å². The van der Waals surface area contributed by atoms with Gasteiger partial charge in [-0.25, -0.2) is 0 Å². The van der Waals surface area contributed by atoms with Crippen molar-refractivity contribution in [2.24, 2.45) is 5.92 Å². The van der Waals surface area contributed by atoms with Gasteiger partial charge in [0.25, 0.3) is 0 Å². The van der Waals surface area contributed by atoms with Crippen molar-refractivity contribution in [2.45, 2.75) is 39.5 Å². The van der Waals surface area contributed by atoms with Crippen LogP contribution in [0.1, 0.15) is 39.5 Å². The van der Waals surface area contributed by atoms with Crippen LogP contribution in [0.5, 0.6) is 0 Å². The maximum atomic E-state index is 4.62. The summed E-state index contributed by atoms with van der Waals surface area (Å²) < 4.78 is 0. The molecule has 1 atom stereocenters. The first-order chi connectivity index (χ1) is 10.1. The molecule has 0 saturated carbocycles. The first-order valence-corrected chi connectivity index (χ1v) is 8.02. The van der Waals surface area contributed by atoms with Crippen molar-refractivity contribution in [3.63, 3.8) is 0 Å². The standard InChI is InChI=1S/C15H28N6/c1-5-9-16-13-17-14(20(3)4)19-15(18-13)21-10-6-7-12(2)8-11-21/h12H,5-11H2,1-4H3,(H,16,17,18,19). The highest BCUT2D eigenvalue weighted by Crippen LogP contribution is 2.21. The quantitative estimate of drug-likeness (QED) is 0.899. The lowest BCUT2D eigenvalue weighted by atomic mass is 10.0. The molecule has 0 radical (unpaired) electrons. The number of hydrogen-bond donors (Lipinski definition) is 1. The second-order valence-corrected chi connectivity index (χ2v) is 6.10. The topological polar surface area (TPSA) is 57.2 Å². The zero-order chi connectivity index (χ0) is 15.2. The monoisotopic (exact) mass is 292 g/mol. The highest BCUT2D eigenvalue weighted by atomic mass is 15.3. The predicted octanol–water partition coefficient (Wildman–Crippen LogP) is 2.39. The van der Waals surface area contributed by atoms with Crippen LogP contribution in [0.3, 0.4) is 0 Å². The number of hydrogen-bond acceptors (Lipinski definition) is 6. The minimum Gasteiger partial charge on any atom is -0.354 e. The van der Waals surface area contributed by atoms with Gasteiger partial charge in [0.1, 0.15) is 0 Å². The summed E-state index contributed by atoms with van der Waals surface area (Å²) in [5, 5.41) is 3.28. The molecule has 1 saturated heterocycles. The van der Waals surface area contributed by atoms with Crippen molar-refractivity contribution >= 4 is 17.8 Å². The summed E-state index contributed by atoms with van der Waals surface area (Å²) in [4.78, 5) is 17.9. The summed E-state index contributed by atoms with van der Waals surface area (Å²) >= 11 is 0. The van der Waals surface area contributed by atoms with Gasteiger partial charge in [-0.1, -0.05) is 13.8 Å². The Labute approximate surface area is 128 Å². The number of anilines is 3. The van der Waals surface area contributed by atoms with Crippen LogP contribution in [0.25, 0.3) is 0 Å². The maximum absolute atomic E-state index is 4.62. The van der Waals surface area contributed by atoms with E-state index in [1.165, 1.54) is 19.3 Å². The van der Waals surface area contributed by atoms with Gasteiger partial charge in [-0.3, -0.25) is 0 Å². The van der Waals surface area contributed by atoms with Crippen LogP contribution >= 0.6 is 0 Å². The molecule has 1 aromatic rings. The first kappa shape index (κ1) is 15.8. The van der Waals surface area contributed by atoms with Crippen molar-refractivity contribution < 1.29 is 0 Å². The minimum atomic E-state index is 0.683. The fourth-order valence-electron chi connectivity index (χ4n) is 2.47. The zero-order valence-corrected chi connectivity index (χ0v) is 13.8. The number of aromatic nitrogens is 3. The second kappa shape index (κ2) is 7.43. The van der Waals surface area contributed by atoms with Crippen LogP contribution in [0.4, 0.5) is 17.8 Å². The van der Waals surface area contributed by atoms with Gasteiger partial charge in [0.2, 0.25) is 17.8 Å². The van der Waals surface area contributed by atoms with Gasteiger partial charge in [0.05, 0.1) is 0 Å². The Kier molecular flexibility index (Phi) is 5.59. The molecule has 2 heterocycles. The molecule has 1 fully saturated rings. The second-order valence-electron chi connectivity index (χ2n) is 6.10. The molecule has 1 N–H and O–H groups in total. The zero-order valence-electron chi connectivity index (χ0n) is 13.8. The molecule has 0 spiro atoms. The van der Waals surface area contributed by atoms with Gasteiger partial charge < -0.3 is 15.1 Å². The van der Waals surface area contributed by atoms with Crippen molar-refractivity contribution in [2.75, 3.05) is 48.8 Å². The molecule has 6 heteroatoms. The fourth-order valence-corrected chi connectivity index (χ4v) is 2.47. The van der Waals surface area contributed by atoms with Crippen LogP contribution in [-0.4, -0.2) is 48.7 Å². The Hall–Kier alpha value is -1.59. The summed E-state index contributed by atoms with van der Waals surface area (Å²) in [6, 6.07) is 0. The van der Waals surface area contributed by atoms with E-state index in [1.54, 1.807) is 0 Å². The molecule has 1 aliphatic rings. The van der Waals surface area contributed by atoms with Gasteiger partial charge in [-0.15, -0.1) is 0 Å². The first-order valence-electron chi connectivity index (χ1n) is 8.02. The lowest BCUT2D eigenvalue weighted by molar-refractivity contribution is 0.521. The summed E-state index contributed by atoms with van der Waals surface area (Å²) in [5.74, 6) is 3.00. The maximum Gasteiger partial charge on any atom is 0.231 e. The van der Waals surface area contributed by atoms with Gasteiger partial charge in [-0.2, -0.15) is 15.0 Å². The van der Waals surface area contributed by atoms with Crippen molar-refractivity contribution in [3.8, 4) is 0 Å². The molecule has 0 bridgehead atoms. The molecular weight excluding hydrogens is 264 g/mol. The van der Waals surface area contributed by atoms with E-state index in [9.17, 15) is 0 Å². The summed E-state index contributed by atoms with van der Waals surface area (Å²) in [5.41, 5.74) is 0. The SMILES string of the molecule is CCCNc1nc(N(C)C)nc(N2CCCC(C)CC2)n1. The Morgan fingerprint density at radius 1 is 1.19 bits per heavy atom. The van der Waals surface area contributed by atoms with Crippen molar-refractivity contribution in [1.82, 2.24) is 15.0 Å². The Bertz CT molecular complexity index is 448. The Morgan fingerprint density at radius 2 is 2.00 bits per heavy atom. The van der Waals surface area contributed by atoms with Gasteiger partial charge in [0, 0.05) is 33.7 Å². The molecule has 0 aromatic carbocycles. The lowest BCUT2D eigenvalue weighted by Gasteiger charge is -2.22. The molecule has 1 aliphatic heterocycles. The van der Waals surface area contributed by atoms with Crippen LogP contribution < -0.4 is 15.1 Å². The third-order valence-corrected chi connectivity index (χ3v) is 3.84. The average Bonchev–Trinajstić information content (AvgIpc) is 2.69. The summed E-state index contributed by atoms with van der Waals surface area (Å²) in [7, 11) is 3.93. The third kappa shape index (κ3) is 4.44. The normalized spacial score (nSPS) is 19.2. The van der Waals surface area contributed by atoms with Crippen LogP contribution in [-0.2, 0) is 0 Å². The molecule has 2 rings (SSSR count). The Morgan fingerprint density at radius 3 is 2.71 bits per heavy atom. The van der Waals surface area contributed by atoms with Gasteiger partial charge >= 0.3 is 0 Å². The van der Waals surface area contributed by atoms with E-state index in [0.717, 1.165) is 43.9 Å². The molecule has 6 nitrogen and oxygen atoms in total. The molecule has 0 aliphatic carbocycles. The number of nitrogens with one attached hydrogen (secondary N) is 1. The smallest absolute Gasteiger partial charge is 0.231 e. The van der Waals surface area contributed by atoms with E-state index in [1.807, 2.05) is 19.0 Å². The van der Waals surface area contributed by atoms with Crippen LogP contribution in [0, 0.1) is 5.92 Å². The van der Waals surface area contributed by atoms with Gasteiger partial charge in [-0.05, 0) is 31.6 Å². The molecular formula is C15H28N6. The van der Waals surface area contributed by atoms with E-state index in [-0.39, 0.29) is 0 Å². The lowest BCUT2D eigenvalue weighted by Crippen LogP contribution is -2.28. The largest absolute Gasteiger partial charge is 0.354 e. The minimum absolute atomic E-state index is 0.683. The van der Waals surface area contributed by atoms with Crippen LogP contribution in [0.15, 0.2) is 0 Å². The molecule has 0 amide bonds. The van der Waals surface area contributed by atoms with Gasteiger partial charge in [0.15, 0.2) is 0 Å². The van der Waals surface area contributed by atoms with E-state index in [2.05, 4.69) is 39.0 Å². The molecule has 21 heavy (non-hydrogen) atoms. The number of rotatable bonds is 5. The summed E-state index contributed by atoms with van der Waals surface area (Å²) in [6.45, 7) is 7.42. The number of nitrogens with zero attached hydrogens (tertiary/aromatic N) is 5. The highest BCUT2D eigenvalue weighted by Gasteiger charge is 2.18.